The lowest BCUT2D eigenvalue weighted by Crippen LogP contribution is -2.39. The number of carbonyl (C=O) groups is 2. The lowest BCUT2D eigenvalue weighted by molar-refractivity contribution is -0.148. The Hall–Kier alpha value is -1.85. The molecule has 110 valence electrons. The topological polar surface area (TPSA) is 84.2 Å². The van der Waals surface area contributed by atoms with E-state index in [0.29, 0.717) is 19.4 Å². The maximum atomic E-state index is 12.2. The van der Waals surface area contributed by atoms with Gasteiger partial charge < -0.3 is 10.4 Å². The minimum absolute atomic E-state index is 0.164. The number of hydrogen-bond donors (Lipinski definition) is 2. The van der Waals surface area contributed by atoms with Crippen molar-refractivity contribution in [3.8, 4) is 0 Å². The zero-order chi connectivity index (χ0) is 14.5. The number of carbonyl (C=O) groups excluding carboxylic acids is 1. The Labute approximate surface area is 118 Å². The van der Waals surface area contributed by atoms with Crippen molar-refractivity contribution in [2.24, 2.45) is 11.8 Å². The molecular weight excluding hydrogens is 258 g/mol. The Morgan fingerprint density at radius 2 is 2.10 bits per heavy atom. The summed E-state index contributed by atoms with van der Waals surface area (Å²) in [5.74, 6) is -1.98. The molecule has 1 saturated carbocycles. The summed E-state index contributed by atoms with van der Waals surface area (Å²) < 4.78 is 1.79. The van der Waals surface area contributed by atoms with Gasteiger partial charge in [-0.15, -0.1) is 0 Å². The van der Waals surface area contributed by atoms with Crippen molar-refractivity contribution < 1.29 is 14.7 Å². The molecule has 0 unspecified atom stereocenters. The van der Waals surface area contributed by atoms with Crippen LogP contribution in [0.25, 0.3) is 0 Å². The average molecular weight is 279 g/mol. The third-order valence-corrected chi connectivity index (χ3v) is 3.88. The van der Waals surface area contributed by atoms with E-state index in [1.54, 1.807) is 4.68 Å². The van der Waals surface area contributed by atoms with Gasteiger partial charge in [0.05, 0.1) is 24.1 Å². The molecule has 0 bridgehead atoms. The van der Waals surface area contributed by atoms with Crippen LogP contribution in [0.2, 0.25) is 0 Å². The van der Waals surface area contributed by atoms with Crippen LogP contribution in [0.1, 0.15) is 38.3 Å². The van der Waals surface area contributed by atoms with Gasteiger partial charge >= 0.3 is 5.97 Å². The SMILES string of the molecule is CCn1ccc(CNC(=O)[C@H]2CCCC[C@H]2C(=O)O)n1. The number of rotatable bonds is 5. The summed E-state index contributed by atoms with van der Waals surface area (Å²) in [6, 6.07) is 1.86. The molecule has 2 N–H and O–H groups in total. The van der Waals surface area contributed by atoms with Crippen LogP contribution in [0.5, 0.6) is 0 Å². The standard InChI is InChI=1S/C14H21N3O3/c1-2-17-8-7-10(16-17)9-15-13(18)11-5-3-4-6-12(11)14(19)20/h7-8,11-12H,2-6,9H2,1H3,(H,15,18)(H,19,20)/t11-,12+/m0/s1. The maximum Gasteiger partial charge on any atom is 0.307 e. The van der Waals surface area contributed by atoms with E-state index in [1.165, 1.54) is 0 Å². The number of nitrogens with zero attached hydrogens (tertiary/aromatic N) is 2. The Balaban J connectivity index is 1.91. The Kier molecular flexibility index (Phi) is 4.76. The fourth-order valence-corrected chi connectivity index (χ4v) is 2.72. The van der Waals surface area contributed by atoms with Crippen LogP contribution in [-0.2, 0) is 22.7 Å². The molecule has 1 aliphatic carbocycles. The van der Waals surface area contributed by atoms with Gasteiger partial charge in [0.2, 0.25) is 5.91 Å². The molecule has 0 radical (unpaired) electrons. The lowest BCUT2D eigenvalue weighted by atomic mass is 9.79. The number of nitrogens with one attached hydrogen (secondary N) is 1. The molecule has 1 amide bonds. The van der Waals surface area contributed by atoms with Crippen LogP contribution >= 0.6 is 0 Å². The van der Waals surface area contributed by atoms with Crippen molar-refractivity contribution in [1.29, 1.82) is 0 Å². The number of hydrogen-bond acceptors (Lipinski definition) is 3. The molecule has 1 fully saturated rings. The third kappa shape index (κ3) is 3.37. The van der Waals surface area contributed by atoms with Gasteiger partial charge in [-0.3, -0.25) is 14.3 Å². The van der Waals surface area contributed by atoms with Crippen LogP contribution in [0, 0.1) is 11.8 Å². The summed E-state index contributed by atoms with van der Waals surface area (Å²) in [5, 5.41) is 16.3. The Morgan fingerprint density at radius 1 is 1.40 bits per heavy atom. The van der Waals surface area contributed by atoms with Crippen molar-refractivity contribution in [2.75, 3.05) is 0 Å². The first-order valence-electron chi connectivity index (χ1n) is 7.14. The van der Waals surface area contributed by atoms with E-state index >= 15 is 0 Å². The molecule has 0 saturated heterocycles. The average Bonchev–Trinajstić information content (AvgIpc) is 2.92. The summed E-state index contributed by atoms with van der Waals surface area (Å²) in [4.78, 5) is 23.3. The zero-order valence-corrected chi connectivity index (χ0v) is 11.7. The fourth-order valence-electron chi connectivity index (χ4n) is 2.72. The van der Waals surface area contributed by atoms with Crippen molar-refractivity contribution in [3.05, 3.63) is 18.0 Å². The highest BCUT2D eigenvalue weighted by atomic mass is 16.4. The second-order valence-corrected chi connectivity index (χ2v) is 5.22. The maximum absolute atomic E-state index is 12.2. The minimum atomic E-state index is -0.861. The molecule has 0 aromatic carbocycles. The molecule has 2 rings (SSSR count). The van der Waals surface area contributed by atoms with Gasteiger partial charge in [0.25, 0.3) is 0 Å². The first-order valence-corrected chi connectivity index (χ1v) is 7.14. The smallest absolute Gasteiger partial charge is 0.307 e. The van der Waals surface area contributed by atoms with Gasteiger partial charge in [0.1, 0.15) is 0 Å². The van der Waals surface area contributed by atoms with Crippen molar-refractivity contribution in [1.82, 2.24) is 15.1 Å². The van der Waals surface area contributed by atoms with Crippen molar-refractivity contribution >= 4 is 11.9 Å². The summed E-state index contributed by atoms with van der Waals surface area (Å²) in [5.41, 5.74) is 0.794. The first-order chi connectivity index (χ1) is 9.61. The van der Waals surface area contributed by atoms with E-state index in [9.17, 15) is 14.7 Å². The molecule has 1 aliphatic rings. The van der Waals surface area contributed by atoms with Gasteiger partial charge in [0, 0.05) is 12.7 Å². The number of amides is 1. The Morgan fingerprint density at radius 3 is 2.70 bits per heavy atom. The van der Waals surface area contributed by atoms with E-state index in [4.69, 9.17) is 0 Å². The molecule has 20 heavy (non-hydrogen) atoms. The molecule has 6 nitrogen and oxygen atoms in total. The van der Waals surface area contributed by atoms with Crippen molar-refractivity contribution in [3.63, 3.8) is 0 Å². The summed E-state index contributed by atoms with van der Waals surface area (Å²) >= 11 is 0. The minimum Gasteiger partial charge on any atom is -0.481 e. The van der Waals surface area contributed by atoms with E-state index in [0.717, 1.165) is 25.1 Å². The second kappa shape index (κ2) is 6.54. The lowest BCUT2D eigenvalue weighted by Gasteiger charge is -2.27. The van der Waals surface area contributed by atoms with E-state index in [-0.39, 0.29) is 5.91 Å². The first kappa shape index (κ1) is 14.6. The molecule has 0 aliphatic heterocycles. The number of aliphatic carboxylic acids is 1. The zero-order valence-electron chi connectivity index (χ0n) is 11.7. The fraction of sp³-hybridized carbons (Fsp3) is 0.643. The monoisotopic (exact) mass is 279 g/mol. The number of aromatic nitrogens is 2. The molecule has 6 heteroatoms. The van der Waals surface area contributed by atoms with Crippen LogP contribution in [-0.4, -0.2) is 26.8 Å². The molecule has 1 aromatic heterocycles. The summed E-state index contributed by atoms with van der Waals surface area (Å²) in [6.45, 7) is 3.14. The van der Waals surface area contributed by atoms with E-state index < -0.39 is 17.8 Å². The molecule has 2 atom stereocenters. The van der Waals surface area contributed by atoms with Gasteiger partial charge in [0.15, 0.2) is 0 Å². The van der Waals surface area contributed by atoms with Gasteiger partial charge in [-0.2, -0.15) is 5.10 Å². The second-order valence-electron chi connectivity index (χ2n) is 5.22. The summed E-state index contributed by atoms with van der Waals surface area (Å²) in [7, 11) is 0. The van der Waals surface area contributed by atoms with Crippen LogP contribution in [0.3, 0.4) is 0 Å². The number of carboxylic acids is 1. The van der Waals surface area contributed by atoms with Crippen molar-refractivity contribution in [2.45, 2.75) is 45.7 Å². The number of aryl methyl sites for hydroxylation is 1. The Bertz CT molecular complexity index is 484. The normalized spacial score (nSPS) is 22.4. The molecule has 0 spiro atoms. The predicted octanol–water partition coefficient (Wildman–Crippen LogP) is 1.41. The largest absolute Gasteiger partial charge is 0.481 e. The summed E-state index contributed by atoms with van der Waals surface area (Å²) in [6.07, 6.45) is 4.93. The highest BCUT2D eigenvalue weighted by Gasteiger charge is 2.35. The highest BCUT2D eigenvalue weighted by Crippen LogP contribution is 2.30. The van der Waals surface area contributed by atoms with Gasteiger partial charge in [-0.25, -0.2) is 0 Å². The predicted molar refractivity (Wildman–Crippen MR) is 72.8 cm³/mol. The quantitative estimate of drug-likeness (QED) is 0.853. The van der Waals surface area contributed by atoms with Gasteiger partial charge in [-0.05, 0) is 25.8 Å². The highest BCUT2D eigenvalue weighted by molar-refractivity contribution is 5.84. The van der Waals surface area contributed by atoms with E-state index in [1.807, 2.05) is 19.2 Å². The van der Waals surface area contributed by atoms with Crippen LogP contribution in [0.15, 0.2) is 12.3 Å². The van der Waals surface area contributed by atoms with E-state index in [2.05, 4.69) is 10.4 Å². The molecule has 1 aromatic rings. The molecule has 1 heterocycles. The molecular formula is C14H21N3O3. The van der Waals surface area contributed by atoms with Crippen LogP contribution < -0.4 is 5.32 Å². The van der Waals surface area contributed by atoms with Crippen LogP contribution in [0.4, 0.5) is 0 Å². The van der Waals surface area contributed by atoms with Gasteiger partial charge in [-0.1, -0.05) is 12.8 Å². The number of carboxylic acid groups (broad SMARTS) is 1. The third-order valence-electron chi connectivity index (χ3n) is 3.88.